The Morgan fingerprint density at radius 2 is 2.00 bits per heavy atom. The van der Waals surface area contributed by atoms with Gasteiger partial charge in [0.2, 0.25) is 5.91 Å². The summed E-state index contributed by atoms with van der Waals surface area (Å²) < 4.78 is 0. The lowest BCUT2D eigenvalue weighted by atomic mass is 10.0. The molecule has 18 heavy (non-hydrogen) atoms. The van der Waals surface area contributed by atoms with E-state index in [1.165, 1.54) is 0 Å². The van der Waals surface area contributed by atoms with Gasteiger partial charge in [-0.15, -0.1) is 0 Å². The zero-order chi connectivity index (χ0) is 13.5. The van der Waals surface area contributed by atoms with Crippen LogP contribution in [-0.4, -0.2) is 10.9 Å². The smallest absolute Gasteiger partial charge is 0.221 e. The number of amides is 1. The number of thiocarbonyl (C=S) groups is 1. The first kappa shape index (κ1) is 14.6. The standard InChI is InChI=1S/C14H20N2OS/c1-3-10(2)9-12(17)16-13(14(15)18)11-7-5-4-6-8-11/h4-8,10,13H,3,9H2,1-2H3,(H2,15,18)(H,16,17). The fourth-order valence-corrected chi connectivity index (χ4v) is 1.84. The Labute approximate surface area is 114 Å². The molecule has 2 atom stereocenters. The normalized spacial score (nSPS) is 13.7. The highest BCUT2D eigenvalue weighted by molar-refractivity contribution is 7.80. The van der Waals surface area contributed by atoms with Crippen molar-refractivity contribution in [2.75, 3.05) is 0 Å². The molecule has 0 aliphatic carbocycles. The van der Waals surface area contributed by atoms with Crippen molar-refractivity contribution in [1.82, 2.24) is 5.32 Å². The van der Waals surface area contributed by atoms with Crippen molar-refractivity contribution < 1.29 is 4.79 Å². The Hall–Kier alpha value is -1.42. The van der Waals surface area contributed by atoms with E-state index in [2.05, 4.69) is 19.2 Å². The number of carbonyl (C=O) groups excluding carboxylic acids is 1. The van der Waals surface area contributed by atoms with E-state index in [1.54, 1.807) is 0 Å². The fourth-order valence-electron chi connectivity index (χ4n) is 1.64. The van der Waals surface area contributed by atoms with Crippen LogP contribution >= 0.6 is 12.2 Å². The molecule has 3 N–H and O–H groups in total. The maximum atomic E-state index is 11.9. The SMILES string of the molecule is CCC(C)CC(=O)NC(C(N)=S)c1ccccc1. The Bertz CT molecular complexity index is 406. The summed E-state index contributed by atoms with van der Waals surface area (Å²) in [5, 5.41) is 2.89. The topological polar surface area (TPSA) is 55.1 Å². The van der Waals surface area contributed by atoms with Gasteiger partial charge in [-0.2, -0.15) is 0 Å². The molecule has 0 spiro atoms. The molecule has 98 valence electrons. The molecule has 0 fully saturated rings. The van der Waals surface area contributed by atoms with Crippen molar-refractivity contribution in [2.45, 2.75) is 32.7 Å². The van der Waals surface area contributed by atoms with Crippen LogP contribution in [0.15, 0.2) is 30.3 Å². The van der Waals surface area contributed by atoms with Gasteiger partial charge in [0.25, 0.3) is 0 Å². The zero-order valence-electron chi connectivity index (χ0n) is 10.8. The lowest BCUT2D eigenvalue weighted by Crippen LogP contribution is -2.37. The third-order valence-electron chi connectivity index (χ3n) is 2.95. The van der Waals surface area contributed by atoms with Gasteiger partial charge >= 0.3 is 0 Å². The second kappa shape index (κ2) is 7.11. The van der Waals surface area contributed by atoms with Crippen molar-refractivity contribution in [3.8, 4) is 0 Å². The highest BCUT2D eigenvalue weighted by Gasteiger charge is 2.17. The molecule has 3 nitrogen and oxygen atoms in total. The molecule has 4 heteroatoms. The number of rotatable bonds is 6. The molecule has 1 rings (SSSR count). The maximum Gasteiger partial charge on any atom is 0.221 e. The summed E-state index contributed by atoms with van der Waals surface area (Å²) in [7, 11) is 0. The van der Waals surface area contributed by atoms with E-state index in [9.17, 15) is 4.79 Å². The lowest BCUT2D eigenvalue weighted by molar-refractivity contribution is -0.122. The first-order valence-corrected chi connectivity index (χ1v) is 6.59. The molecular formula is C14H20N2OS. The molecule has 0 bridgehead atoms. The van der Waals surface area contributed by atoms with E-state index in [0.29, 0.717) is 17.3 Å². The minimum Gasteiger partial charge on any atom is -0.391 e. The number of nitrogens with one attached hydrogen (secondary N) is 1. The van der Waals surface area contributed by atoms with Gasteiger partial charge in [0.05, 0.1) is 0 Å². The van der Waals surface area contributed by atoms with Gasteiger partial charge in [0.1, 0.15) is 11.0 Å². The Kier molecular flexibility index (Phi) is 5.78. The first-order valence-electron chi connectivity index (χ1n) is 6.18. The molecule has 1 aromatic carbocycles. The maximum absolute atomic E-state index is 11.9. The summed E-state index contributed by atoms with van der Waals surface area (Å²) in [6.45, 7) is 4.12. The van der Waals surface area contributed by atoms with Gasteiger partial charge in [-0.25, -0.2) is 0 Å². The molecule has 0 saturated carbocycles. The molecule has 0 aliphatic heterocycles. The molecule has 0 aliphatic rings. The number of carbonyl (C=O) groups is 1. The predicted octanol–water partition coefficient (Wildman–Crippen LogP) is 2.57. The van der Waals surface area contributed by atoms with E-state index in [0.717, 1.165) is 12.0 Å². The van der Waals surface area contributed by atoms with Gasteiger partial charge in [-0.1, -0.05) is 62.8 Å². The molecule has 0 saturated heterocycles. The quantitative estimate of drug-likeness (QED) is 0.776. The first-order chi connectivity index (χ1) is 8.54. The molecule has 0 heterocycles. The van der Waals surface area contributed by atoms with Gasteiger partial charge in [0, 0.05) is 6.42 Å². The molecule has 0 aromatic heterocycles. The summed E-state index contributed by atoms with van der Waals surface area (Å²) >= 11 is 5.02. The average Bonchev–Trinajstić information content (AvgIpc) is 2.36. The highest BCUT2D eigenvalue weighted by Crippen LogP contribution is 2.14. The van der Waals surface area contributed by atoms with E-state index >= 15 is 0 Å². The summed E-state index contributed by atoms with van der Waals surface area (Å²) in [6, 6.07) is 9.17. The van der Waals surface area contributed by atoms with Gasteiger partial charge in [-0.3, -0.25) is 4.79 Å². The van der Waals surface area contributed by atoms with Crippen LogP contribution in [0.1, 0.15) is 38.3 Å². The van der Waals surface area contributed by atoms with E-state index < -0.39 is 0 Å². The summed E-state index contributed by atoms with van der Waals surface area (Å²) in [4.78, 5) is 12.2. The molecule has 1 amide bonds. The number of hydrogen-bond donors (Lipinski definition) is 2. The molecule has 2 unspecified atom stereocenters. The second-order valence-corrected chi connectivity index (χ2v) is 5.00. The third kappa shape index (κ3) is 4.45. The van der Waals surface area contributed by atoms with Gasteiger partial charge in [-0.05, 0) is 11.5 Å². The van der Waals surface area contributed by atoms with Crippen molar-refractivity contribution in [1.29, 1.82) is 0 Å². The Morgan fingerprint density at radius 1 is 1.39 bits per heavy atom. The van der Waals surface area contributed by atoms with Gasteiger partial charge in [0.15, 0.2) is 0 Å². The summed E-state index contributed by atoms with van der Waals surface area (Å²) in [6.07, 6.45) is 1.49. The van der Waals surface area contributed by atoms with Crippen LogP contribution in [0.4, 0.5) is 0 Å². The molecular weight excluding hydrogens is 244 g/mol. The Morgan fingerprint density at radius 3 is 2.50 bits per heavy atom. The highest BCUT2D eigenvalue weighted by atomic mass is 32.1. The average molecular weight is 264 g/mol. The minimum absolute atomic E-state index is 0.00833. The van der Waals surface area contributed by atoms with Crippen LogP contribution in [-0.2, 0) is 4.79 Å². The van der Waals surface area contributed by atoms with Crippen LogP contribution in [0.5, 0.6) is 0 Å². The zero-order valence-corrected chi connectivity index (χ0v) is 11.7. The Balaban J connectivity index is 2.71. The summed E-state index contributed by atoms with van der Waals surface area (Å²) in [5.41, 5.74) is 6.62. The van der Waals surface area contributed by atoms with Crippen LogP contribution < -0.4 is 11.1 Å². The molecule has 1 aromatic rings. The van der Waals surface area contributed by atoms with Crippen molar-refractivity contribution in [3.63, 3.8) is 0 Å². The number of nitrogens with two attached hydrogens (primary N) is 1. The second-order valence-electron chi connectivity index (χ2n) is 4.53. The fraction of sp³-hybridized carbons (Fsp3) is 0.429. The van der Waals surface area contributed by atoms with Crippen molar-refractivity contribution in [3.05, 3.63) is 35.9 Å². The van der Waals surface area contributed by atoms with Gasteiger partial charge < -0.3 is 11.1 Å². The van der Waals surface area contributed by atoms with E-state index in [-0.39, 0.29) is 11.9 Å². The van der Waals surface area contributed by atoms with Crippen molar-refractivity contribution >= 4 is 23.1 Å². The van der Waals surface area contributed by atoms with Crippen LogP contribution in [0, 0.1) is 5.92 Å². The summed E-state index contributed by atoms with van der Waals surface area (Å²) in [5.74, 6) is 0.360. The number of hydrogen-bond acceptors (Lipinski definition) is 2. The lowest BCUT2D eigenvalue weighted by Gasteiger charge is -2.19. The van der Waals surface area contributed by atoms with Crippen LogP contribution in [0.3, 0.4) is 0 Å². The van der Waals surface area contributed by atoms with Crippen LogP contribution in [0.25, 0.3) is 0 Å². The largest absolute Gasteiger partial charge is 0.391 e. The number of benzene rings is 1. The van der Waals surface area contributed by atoms with Crippen LogP contribution in [0.2, 0.25) is 0 Å². The van der Waals surface area contributed by atoms with Crippen molar-refractivity contribution in [2.24, 2.45) is 11.7 Å². The molecule has 0 radical (unpaired) electrons. The minimum atomic E-state index is -0.377. The predicted molar refractivity (Wildman–Crippen MR) is 78.2 cm³/mol. The monoisotopic (exact) mass is 264 g/mol. The van der Waals surface area contributed by atoms with E-state index in [4.69, 9.17) is 18.0 Å². The third-order valence-corrected chi connectivity index (χ3v) is 3.19. The van der Waals surface area contributed by atoms with E-state index in [1.807, 2.05) is 30.3 Å².